The van der Waals surface area contributed by atoms with Gasteiger partial charge in [0.1, 0.15) is 0 Å². The van der Waals surface area contributed by atoms with Crippen molar-refractivity contribution in [1.29, 1.82) is 0 Å². The van der Waals surface area contributed by atoms with E-state index in [1.807, 2.05) is 0 Å². The van der Waals surface area contributed by atoms with Gasteiger partial charge in [0.15, 0.2) is 0 Å². The van der Waals surface area contributed by atoms with Crippen molar-refractivity contribution in [1.82, 2.24) is 0 Å². The Morgan fingerprint density at radius 1 is 0.429 bits per heavy atom. The van der Waals surface area contributed by atoms with Crippen LogP contribution in [0.2, 0.25) is 0 Å². The van der Waals surface area contributed by atoms with E-state index in [4.69, 9.17) is 0 Å². The molecule has 0 spiro atoms. The molecule has 166 valence electrons. The number of nitrogens with zero attached hydrogens (tertiary/aromatic N) is 2. The molecule has 0 fully saturated rings. The molecule has 0 aliphatic heterocycles. The topological polar surface area (TPSA) is 7.76 Å². The average molecular weight is 666 g/mol. The first kappa shape index (κ1) is 27.0. The Bertz CT molecular complexity index is 698. The SMILES string of the molecule is F[n+]1ccc(-c2cc[n+](F)cc2)cc1.[F][Sb-]([F])([F])([F])([F])[F].[F][Sb-]([F])([F])([F])([F])[F]. The number of rotatable bonds is 1. The fourth-order valence-electron chi connectivity index (χ4n) is 1.20. The van der Waals surface area contributed by atoms with Gasteiger partial charge in [-0.2, -0.15) is 0 Å². The van der Waals surface area contributed by atoms with Crippen molar-refractivity contribution in [2.45, 2.75) is 0 Å². The second-order valence-corrected chi connectivity index (χ2v) is 15.7. The third-order valence-corrected chi connectivity index (χ3v) is 1.92. The normalized spacial score (nSPS) is 16.6. The number of hydrogen-bond donors (Lipinski definition) is 0. The molecule has 0 N–H and O–H groups in total. The second-order valence-electron chi connectivity index (χ2n) is 4.78. The summed E-state index contributed by atoms with van der Waals surface area (Å²) in [6.07, 6.45) is 5.19. The molecule has 0 aliphatic rings. The third kappa shape index (κ3) is 27.2. The third-order valence-electron chi connectivity index (χ3n) is 1.92. The molecule has 0 radical (unpaired) electrons. The zero-order valence-electron chi connectivity index (χ0n) is 12.7. The second kappa shape index (κ2) is 6.75. The monoisotopic (exact) mass is 664 g/mol. The van der Waals surface area contributed by atoms with Crippen LogP contribution >= 0.6 is 0 Å². The molecule has 2 aromatic rings. The molecule has 2 aromatic heterocycles. The first-order valence-electron chi connectivity index (χ1n) is 6.14. The summed E-state index contributed by atoms with van der Waals surface area (Å²) in [6.45, 7) is 0. The molecule has 0 atom stereocenters. The van der Waals surface area contributed by atoms with E-state index in [0.29, 0.717) is 9.58 Å². The first-order chi connectivity index (χ1) is 11.7. The van der Waals surface area contributed by atoms with Crippen LogP contribution in [0, 0.1) is 0 Å². The van der Waals surface area contributed by atoms with Gasteiger partial charge in [0.05, 0.1) is 8.96 Å². The van der Waals surface area contributed by atoms with Crippen LogP contribution in [0.15, 0.2) is 49.1 Å². The van der Waals surface area contributed by atoms with E-state index in [9.17, 15) is 42.7 Å². The Morgan fingerprint density at radius 3 is 0.714 bits per heavy atom. The standard InChI is InChI=1S/C10H8F2N2.12FH.2Sb/c11-13-5-1-9(2-6-13)10-3-7-14(12)8-4-10;;;;;;;;;;;;;;/h1-8H;12*1H;;/q+2;;;;;;;;;;;;;2*+5/p-12. The number of halogens is 14. The van der Waals surface area contributed by atoms with Crippen molar-refractivity contribution in [3.8, 4) is 11.1 Å². The Kier molecular flexibility index (Phi) is 6.49. The van der Waals surface area contributed by atoms with Gasteiger partial charge in [-0.15, -0.1) is 0 Å². The molecular weight excluding hydrogens is 658 g/mol. The molecule has 0 aliphatic carbocycles. The summed E-state index contributed by atoms with van der Waals surface area (Å²) in [6, 6.07) is 6.49. The van der Waals surface area contributed by atoms with Gasteiger partial charge in [0, 0.05) is 33.8 Å². The molecule has 2 heterocycles. The molecule has 0 saturated carbocycles. The van der Waals surface area contributed by atoms with Crippen molar-refractivity contribution in [3.05, 3.63) is 49.1 Å². The maximum absolute atomic E-state index is 12.5. The van der Waals surface area contributed by atoms with Gasteiger partial charge in [-0.1, -0.05) is 0 Å². The van der Waals surface area contributed by atoms with E-state index in [-0.39, 0.29) is 0 Å². The van der Waals surface area contributed by atoms with E-state index < -0.39 is 39.0 Å². The summed E-state index contributed by atoms with van der Waals surface area (Å²) in [5, 5.41) is 0. The van der Waals surface area contributed by atoms with E-state index in [1.54, 1.807) is 24.3 Å². The number of aromatic nitrogens is 2. The van der Waals surface area contributed by atoms with E-state index in [2.05, 4.69) is 0 Å². The predicted octanol–water partition coefficient (Wildman–Crippen LogP) is 5.67. The number of hydrogen-bond acceptors (Lipinski definition) is 0. The van der Waals surface area contributed by atoms with E-state index in [1.165, 1.54) is 24.8 Å². The molecule has 28 heavy (non-hydrogen) atoms. The van der Waals surface area contributed by atoms with Crippen LogP contribution in [0.4, 0.5) is 42.7 Å². The van der Waals surface area contributed by atoms with Crippen LogP contribution in [0.25, 0.3) is 11.1 Å². The average Bonchev–Trinajstić information content (AvgIpc) is 2.33. The van der Waals surface area contributed by atoms with Gasteiger partial charge in [-0.25, -0.2) is 0 Å². The summed E-state index contributed by atoms with van der Waals surface area (Å²) in [5.74, 6) is 0. The van der Waals surface area contributed by atoms with Crippen LogP contribution < -0.4 is 9.58 Å². The zero-order chi connectivity index (χ0) is 22.8. The minimum absolute atomic E-state index is 0.460. The Morgan fingerprint density at radius 2 is 0.571 bits per heavy atom. The quantitative estimate of drug-likeness (QED) is 0.274. The maximum atomic E-state index is 12.5. The van der Waals surface area contributed by atoms with Crippen molar-refractivity contribution in [3.63, 3.8) is 0 Å². The van der Waals surface area contributed by atoms with Gasteiger partial charge in [0.25, 0.3) is 0 Å². The molecule has 2 rings (SSSR count). The molecule has 0 bridgehead atoms. The Balaban J connectivity index is 0.000000444. The van der Waals surface area contributed by atoms with Crippen LogP contribution in [-0.2, 0) is 0 Å². The van der Waals surface area contributed by atoms with Crippen LogP contribution in [0.5, 0.6) is 0 Å². The Labute approximate surface area is 151 Å². The molecule has 0 amide bonds. The van der Waals surface area contributed by atoms with Crippen molar-refractivity contribution >= 4 is 39.0 Å². The van der Waals surface area contributed by atoms with Crippen molar-refractivity contribution < 1.29 is 52.3 Å². The zero-order valence-corrected chi connectivity index (χ0v) is 17.8. The minimum atomic E-state index is -11.2. The number of pyridine rings is 2. The molecule has 2 nitrogen and oxygen atoms in total. The van der Waals surface area contributed by atoms with Gasteiger partial charge in [-0.05, 0) is 11.1 Å². The molecule has 18 heteroatoms. The molecule has 0 unspecified atom stereocenters. The molecule has 0 saturated heterocycles. The predicted molar refractivity (Wildman–Crippen MR) is 70.1 cm³/mol. The fourth-order valence-corrected chi connectivity index (χ4v) is 1.20. The summed E-state index contributed by atoms with van der Waals surface area (Å²) < 4.78 is 144. The van der Waals surface area contributed by atoms with E-state index >= 15 is 0 Å². The molecule has 0 aromatic carbocycles. The van der Waals surface area contributed by atoms with Gasteiger partial charge >= 0.3 is 72.7 Å². The Hall–Kier alpha value is -1.04. The van der Waals surface area contributed by atoms with Crippen LogP contribution in [-0.4, -0.2) is 39.0 Å². The summed E-state index contributed by atoms with van der Waals surface area (Å²) >= 11 is -22.5. The summed E-state index contributed by atoms with van der Waals surface area (Å²) in [7, 11) is 0. The van der Waals surface area contributed by atoms with Crippen LogP contribution in [0.3, 0.4) is 0 Å². The summed E-state index contributed by atoms with van der Waals surface area (Å²) in [4.78, 5) is 0.920. The van der Waals surface area contributed by atoms with Gasteiger partial charge in [-0.3, -0.25) is 0 Å². The van der Waals surface area contributed by atoms with Gasteiger partial charge in [0.2, 0.25) is 24.8 Å². The van der Waals surface area contributed by atoms with Crippen molar-refractivity contribution in [2.24, 2.45) is 0 Å². The summed E-state index contributed by atoms with van der Waals surface area (Å²) in [5.41, 5.74) is 1.69. The molecular formula is C10H8F14N2Sb2. The van der Waals surface area contributed by atoms with Crippen LogP contribution in [0.1, 0.15) is 0 Å². The first-order valence-corrected chi connectivity index (χ1v) is 17.7. The van der Waals surface area contributed by atoms with Crippen molar-refractivity contribution in [2.75, 3.05) is 0 Å². The fraction of sp³-hybridized carbons (Fsp3) is 0. The van der Waals surface area contributed by atoms with Gasteiger partial charge < -0.3 is 0 Å². The van der Waals surface area contributed by atoms with E-state index in [0.717, 1.165) is 11.1 Å².